The summed E-state index contributed by atoms with van der Waals surface area (Å²) < 4.78 is 3.92. The zero-order valence-corrected chi connectivity index (χ0v) is 21.8. The van der Waals surface area contributed by atoms with Gasteiger partial charge in [0.25, 0.3) is 0 Å². The van der Waals surface area contributed by atoms with Gasteiger partial charge >= 0.3 is 5.69 Å². The van der Waals surface area contributed by atoms with Crippen molar-refractivity contribution in [2.24, 2.45) is 5.92 Å². The van der Waals surface area contributed by atoms with E-state index in [-0.39, 0.29) is 5.69 Å². The van der Waals surface area contributed by atoms with Crippen LogP contribution in [0.3, 0.4) is 0 Å². The van der Waals surface area contributed by atoms with Gasteiger partial charge in [-0.05, 0) is 47.2 Å². The van der Waals surface area contributed by atoms with Gasteiger partial charge in [-0.15, -0.1) is 5.10 Å². The molecule has 5 rings (SSSR count). The number of pyridine rings is 1. The van der Waals surface area contributed by atoms with E-state index in [0.29, 0.717) is 12.4 Å². The number of nitrogens with zero attached hydrogens (tertiary/aromatic N) is 6. The van der Waals surface area contributed by atoms with Crippen LogP contribution in [0.25, 0.3) is 22.6 Å². The zero-order chi connectivity index (χ0) is 25.5. The van der Waals surface area contributed by atoms with Crippen LogP contribution in [-0.2, 0) is 19.5 Å². The van der Waals surface area contributed by atoms with Gasteiger partial charge in [0, 0.05) is 35.8 Å². The summed E-state index contributed by atoms with van der Waals surface area (Å²) in [7, 11) is 0. The predicted molar refractivity (Wildman–Crippen MR) is 145 cm³/mol. The van der Waals surface area contributed by atoms with Crippen LogP contribution >= 0.6 is 0 Å². The van der Waals surface area contributed by atoms with E-state index in [9.17, 15) is 4.79 Å². The molecule has 1 aliphatic carbocycles. The Bertz CT molecular complexity index is 1320. The summed E-state index contributed by atoms with van der Waals surface area (Å²) in [5, 5.41) is 14.3. The highest BCUT2D eigenvalue weighted by Crippen LogP contribution is 2.29. The lowest BCUT2D eigenvalue weighted by molar-refractivity contribution is 0.322. The maximum Gasteiger partial charge on any atom is 0.328 e. The summed E-state index contributed by atoms with van der Waals surface area (Å²) in [6.45, 7) is 3.58. The molecule has 1 aromatic carbocycles. The van der Waals surface area contributed by atoms with Gasteiger partial charge in [0.2, 0.25) is 0 Å². The average Bonchev–Trinajstić information content (AvgIpc) is 3.58. The lowest BCUT2D eigenvalue weighted by atomic mass is 9.87. The number of H-pyrrole nitrogens is 1. The standard InChI is InChI=1S/C29H37N7O/c1-2-3-5-12-24-21-35(18-17-22-10-6-4-7-11-22)29(37)36(24)20-23-15-16-27(30-19-23)25-13-8-9-14-26(25)28-31-33-34-32-28/h8-9,13-16,19,21-22H,2-7,10-12,17-18,20H2,1H3,(H,31,32,33,34). The van der Waals surface area contributed by atoms with Crippen LogP contribution in [0.1, 0.15) is 76.0 Å². The van der Waals surface area contributed by atoms with Crippen molar-refractivity contribution in [3.05, 3.63) is 70.5 Å². The molecule has 0 radical (unpaired) electrons. The minimum Gasteiger partial charge on any atom is -0.299 e. The number of nitrogens with one attached hydrogen (secondary N) is 1. The number of rotatable bonds is 11. The van der Waals surface area contributed by atoms with E-state index >= 15 is 0 Å². The summed E-state index contributed by atoms with van der Waals surface area (Å²) in [4.78, 5) is 18.2. The number of hydrogen-bond donors (Lipinski definition) is 1. The van der Waals surface area contributed by atoms with E-state index in [1.807, 2.05) is 45.7 Å². The van der Waals surface area contributed by atoms with Gasteiger partial charge in [-0.1, -0.05) is 82.2 Å². The van der Waals surface area contributed by atoms with Crippen molar-refractivity contribution in [3.8, 4) is 22.6 Å². The van der Waals surface area contributed by atoms with Crippen molar-refractivity contribution in [1.82, 2.24) is 34.7 Å². The SMILES string of the molecule is CCCCCc1cn(CCC2CCCCC2)c(=O)n1Cc1ccc(-c2ccccc2-c2nnn[nH]2)nc1. The second-order valence-electron chi connectivity index (χ2n) is 10.3. The number of aromatic nitrogens is 7. The first-order valence-corrected chi connectivity index (χ1v) is 13.8. The molecule has 1 saturated carbocycles. The van der Waals surface area contributed by atoms with Gasteiger partial charge < -0.3 is 0 Å². The van der Waals surface area contributed by atoms with Crippen LogP contribution < -0.4 is 5.69 Å². The third-order valence-electron chi connectivity index (χ3n) is 7.64. The van der Waals surface area contributed by atoms with Crippen molar-refractivity contribution in [1.29, 1.82) is 0 Å². The van der Waals surface area contributed by atoms with Gasteiger partial charge in [0.15, 0.2) is 5.82 Å². The second kappa shape index (κ2) is 12.1. The molecule has 194 valence electrons. The van der Waals surface area contributed by atoms with E-state index in [1.165, 1.54) is 44.9 Å². The molecular formula is C29H37N7O. The number of aromatic amines is 1. The van der Waals surface area contributed by atoms with Gasteiger partial charge in [0.05, 0.1) is 12.2 Å². The van der Waals surface area contributed by atoms with Crippen molar-refractivity contribution >= 4 is 0 Å². The summed E-state index contributed by atoms with van der Waals surface area (Å²) in [6, 6.07) is 12.0. The van der Waals surface area contributed by atoms with E-state index in [0.717, 1.165) is 59.8 Å². The summed E-state index contributed by atoms with van der Waals surface area (Å²) in [5.74, 6) is 1.37. The molecule has 0 amide bonds. The summed E-state index contributed by atoms with van der Waals surface area (Å²) in [6.07, 6.45) is 16.2. The first kappa shape index (κ1) is 25.1. The molecule has 1 N–H and O–H groups in total. The number of hydrogen-bond acceptors (Lipinski definition) is 5. The lowest BCUT2D eigenvalue weighted by Crippen LogP contribution is -2.26. The molecule has 0 spiro atoms. The van der Waals surface area contributed by atoms with Crippen molar-refractivity contribution in [3.63, 3.8) is 0 Å². The Morgan fingerprint density at radius 2 is 1.86 bits per heavy atom. The number of imidazole rings is 1. The Balaban J connectivity index is 1.35. The highest BCUT2D eigenvalue weighted by Gasteiger charge is 2.17. The third-order valence-corrected chi connectivity index (χ3v) is 7.64. The maximum atomic E-state index is 13.4. The van der Waals surface area contributed by atoms with Gasteiger partial charge in [0.1, 0.15) is 0 Å². The molecule has 3 aromatic heterocycles. The predicted octanol–water partition coefficient (Wildman–Crippen LogP) is 5.64. The minimum atomic E-state index is 0.106. The Morgan fingerprint density at radius 3 is 2.59 bits per heavy atom. The Morgan fingerprint density at radius 1 is 1.03 bits per heavy atom. The van der Waals surface area contributed by atoms with Crippen LogP contribution in [0.5, 0.6) is 0 Å². The van der Waals surface area contributed by atoms with Crippen molar-refractivity contribution in [2.45, 2.75) is 84.2 Å². The fourth-order valence-electron chi connectivity index (χ4n) is 5.51. The lowest BCUT2D eigenvalue weighted by Gasteiger charge is -2.21. The van der Waals surface area contributed by atoms with Crippen LogP contribution in [0, 0.1) is 5.92 Å². The number of aryl methyl sites for hydroxylation is 2. The molecule has 0 unspecified atom stereocenters. The van der Waals surface area contributed by atoms with E-state index in [2.05, 4.69) is 39.8 Å². The number of unbranched alkanes of at least 4 members (excludes halogenated alkanes) is 2. The van der Waals surface area contributed by atoms with Gasteiger partial charge in [-0.2, -0.15) is 0 Å². The molecule has 4 aromatic rings. The molecule has 3 heterocycles. The molecule has 0 atom stereocenters. The summed E-state index contributed by atoms with van der Waals surface area (Å²) in [5.41, 5.74) is 4.96. The fourth-order valence-corrected chi connectivity index (χ4v) is 5.51. The monoisotopic (exact) mass is 499 g/mol. The highest BCUT2D eigenvalue weighted by atomic mass is 16.1. The first-order valence-electron chi connectivity index (χ1n) is 13.8. The van der Waals surface area contributed by atoms with E-state index in [1.54, 1.807) is 0 Å². The Labute approximate surface area is 218 Å². The third kappa shape index (κ3) is 6.06. The topological polar surface area (TPSA) is 94.3 Å². The fraction of sp³-hybridized carbons (Fsp3) is 0.483. The molecule has 37 heavy (non-hydrogen) atoms. The van der Waals surface area contributed by atoms with Crippen LogP contribution in [0.4, 0.5) is 0 Å². The van der Waals surface area contributed by atoms with Gasteiger partial charge in [-0.25, -0.2) is 9.89 Å². The molecular weight excluding hydrogens is 462 g/mol. The molecule has 1 aliphatic rings. The van der Waals surface area contributed by atoms with Crippen LogP contribution in [0.15, 0.2) is 53.6 Å². The van der Waals surface area contributed by atoms with Gasteiger partial charge in [-0.3, -0.25) is 14.1 Å². The summed E-state index contributed by atoms with van der Waals surface area (Å²) >= 11 is 0. The molecule has 1 fully saturated rings. The van der Waals surface area contributed by atoms with E-state index < -0.39 is 0 Å². The normalized spacial score (nSPS) is 14.3. The largest absolute Gasteiger partial charge is 0.328 e. The number of benzene rings is 1. The molecule has 0 saturated heterocycles. The van der Waals surface area contributed by atoms with Crippen molar-refractivity contribution < 1.29 is 0 Å². The van der Waals surface area contributed by atoms with Crippen molar-refractivity contribution in [2.75, 3.05) is 0 Å². The quantitative estimate of drug-likeness (QED) is 0.269. The molecule has 0 aliphatic heterocycles. The molecule has 0 bridgehead atoms. The second-order valence-corrected chi connectivity index (χ2v) is 10.3. The van der Waals surface area contributed by atoms with Crippen LogP contribution in [-0.4, -0.2) is 34.7 Å². The average molecular weight is 500 g/mol. The van der Waals surface area contributed by atoms with E-state index in [4.69, 9.17) is 4.98 Å². The first-order chi connectivity index (χ1) is 18.2. The Kier molecular flexibility index (Phi) is 8.23. The zero-order valence-electron chi connectivity index (χ0n) is 21.8. The highest BCUT2D eigenvalue weighted by molar-refractivity contribution is 5.78. The maximum absolute atomic E-state index is 13.4. The Hall–Kier alpha value is -3.55. The molecule has 8 heteroatoms. The van der Waals surface area contributed by atoms with Crippen LogP contribution in [0.2, 0.25) is 0 Å². The smallest absolute Gasteiger partial charge is 0.299 e. The minimum absolute atomic E-state index is 0.106. The number of tetrazole rings is 1. The molecule has 8 nitrogen and oxygen atoms in total.